The number of nitrogens with one attached hydrogen (secondary N) is 1. The zero-order valence-electron chi connectivity index (χ0n) is 11.3. The molecule has 0 aromatic heterocycles. The van der Waals surface area contributed by atoms with Crippen molar-refractivity contribution in [1.82, 2.24) is 0 Å². The average molecular weight is 262 g/mol. The van der Waals surface area contributed by atoms with Crippen LogP contribution in [0.3, 0.4) is 0 Å². The quantitative estimate of drug-likeness (QED) is 0.713. The Morgan fingerprint density at radius 3 is 2.72 bits per heavy atom. The Kier molecular flexibility index (Phi) is 7.36. The summed E-state index contributed by atoms with van der Waals surface area (Å²) in [7, 11) is 0. The molecule has 18 heavy (non-hydrogen) atoms. The minimum atomic E-state index is 0.748. The Morgan fingerprint density at radius 2 is 2.00 bits per heavy atom. The van der Waals surface area contributed by atoms with Crippen molar-refractivity contribution in [1.29, 1.82) is 5.26 Å². The summed E-state index contributed by atoms with van der Waals surface area (Å²) in [4.78, 5) is 0. The van der Waals surface area contributed by atoms with Gasteiger partial charge in [-0.3, -0.25) is 0 Å². The molecule has 0 aliphatic heterocycles. The smallest absolute Gasteiger partial charge is 0.101 e. The lowest BCUT2D eigenvalue weighted by atomic mass is 10.1. The molecule has 0 atom stereocenters. The summed E-state index contributed by atoms with van der Waals surface area (Å²) in [5.41, 5.74) is 2.90. The Labute approximate surface area is 115 Å². The number of rotatable bonds is 8. The van der Waals surface area contributed by atoms with E-state index in [1.807, 2.05) is 36.9 Å². The third kappa shape index (κ3) is 5.01. The standard InChI is InChI=1S/C15H22N2S/c1-13-8-7-9-14(12-16)15(13)17-10-5-3-4-6-11-18-2/h7-9,17H,3-6,10-11H2,1-2H3. The molecular formula is C15H22N2S. The lowest BCUT2D eigenvalue weighted by Crippen LogP contribution is -2.05. The van der Waals surface area contributed by atoms with E-state index in [9.17, 15) is 0 Å². The maximum atomic E-state index is 9.05. The second-order valence-corrected chi connectivity index (χ2v) is 5.43. The van der Waals surface area contributed by atoms with Gasteiger partial charge in [-0.25, -0.2) is 0 Å². The highest BCUT2D eigenvalue weighted by Crippen LogP contribution is 2.19. The van der Waals surface area contributed by atoms with Gasteiger partial charge < -0.3 is 5.32 Å². The van der Waals surface area contributed by atoms with Crippen LogP contribution in [0.2, 0.25) is 0 Å². The Morgan fingerprint density at radius 1 is 1.22 bits per heavy atom. The largest absolute Gasteiger partial charge is 0.384 e. The molecule has 1 rings (SSSR count). The van der Waals surface area contributed by atoms with E-state index in [1.165, 1.54) is 31.4 Å². The van der Waals surface area contributed by atoms with Crippen molar-refractivity contribution in [3.05, 3.63) is 29.3 Å². The zero-order valence-corrected chi connectivity index (χ0v) is 12.1. The van der Waals surface area contributed by atoms with Crippen molar-refractivity contribution >= 4 is 17.4 Å². The number of para-hydroxylation sites is 1. The van der Waals surface area contributed by atoms with Gasteiger partial charge in [0, 0.05) is 6.54 Å². The second kappa shape index (κ2) is 8.88. The summed E-state index contributed by atoms with van der Waals surface area (Å²) in [6.07, 6.45) is 7.22. The molecule has 0 saturated heterocycles. The first kappa shape index (κ1) is 14.9. The Balaban J connectivity index is 2.29. The summed E-state index contributed by atoms with van der Waals surface area (Å²) >= 11 is 1.92. The van der Waals surface area contributed by atoms with Crippen molar-refractivity contribution in [2.75, 3.05) is 23.9 Å². The van der Waals surface area contributed by atoms with Crippen molar-refractivity contribution in [3.8, 4) is 6.07 Å². The minimum Gasteiger partial charge on any atom is -0.384 e. The van der Waals surface area contributed by atoms with Gasteiger partial charge in [0.1, 0.15) is 6.07 Å². The molecule has 0 saturated carbocycles. The van der Waals surface area contributed by atoms with E-state index in [-0.39, 0.29) is 0 Å². The molecule has 0 aliphatic rings. The van der Waals surface area contributed by atoms with Gasteiger partial charge in [0.15, 0.2) is 0 Å². The first-order valence-electron chi connectivity index (χ1n) is 6.52. The molecule has 0 heterocycles. The van der Waals surface area contributed by atoms with Gasteiger partial charge in [-0.1, -0.05) is 25.0 Å². The summed E-state index contributed by atoms with van der Waals surface area (Å²) in [6, 6.07) is 8.08. The van der Waals surface area contributed by atoms with Crippen molar-refractivity contribution in [3.63, 3.8) is 0 Å². The molecule has 0 bridgehead atoms. The van der Waals surface area contributed by atoms with E-state index < -0.39 is 0 Å². The topological polar surface area (TPSA) is 35.8 Å². The van der Waals surface area contributed by atoms with Crippen LogP contribution in [0.1, 0.15) is 36.8 Å². The molecule has 2 nitrogen and oxygen atoms in total. The van der Waals surface area contributed by atoms with Crippen LogP contribution in [-0.4, -0.2) is 18.6 Å². The number of benzene rings is 1. The lowest BCUT2D eigenvalue weighted by molar-refractivity contribution is 0.689. The highest BCUT2D eigenvalue weighted by molar-refractivity contribution is 7.98. The van der Waals surface area contributed by atoms with Crippen molar-refractivity contribution in [2.24, 2.45) is 0 Å². The van der Waals surface area contributed by atoms with Gasteiger partial charge in [0.2, 0.25) is 0 Å². The van der Waals surface area contributed by atoms with Gasteiger partial charge in [0.25, 0.3) is 0 Å². The van der Waals surface area contributed by atoms with Crippen LogP contribution in [0.4, 0.5) is 5.69 Å². The number of hydrogen-bond acceptors (Lipinski definition) is 3. The monoisotopic (exact) mass is 262 g/mol. The van der Waals surface area contributed by atoms with Gasteiger partial charge in [0.05, 0.1) is 11.3 Å². The minimum absolute atomic E-state index is 0.748. The van der Waals surface area contributed by atoms with Crippen LogP contribution in [0.25, 0.3) is 0 Å². The van der Waals surface area contributed by atoms with Gasteiger partial charge in [-0.2, -0.15) is 17.0 Å². The summed E-state index contributed by atoms with van der Waals surface area (Å²) in [5.74, 6) is 1.27. The summed E-state index contributed by atoms with van der Waals surface area (Å²) in [5, 5.41) is 12.4. The van der Waals surface area contributed by atoms with Crippen LogP contribution in [0.15, 0.2) is 18.2 Å². The second-order valence-electron chi connectivity index (χ2n) is 4.44. The van der Waals surface area contributed by atoms with E-state index in [4.69, 9.17) is 5.26 Å². The molecule has 0 amide bonds. The van der Waals surface area contributed by atoms with E-state index in [0.717, 1.165) is 23.4 Å². The van der Waals surface area contributed by atoms with Gasteiger partial charge >= 0.3 is 0 Å². The van der Waals surface area contributed by atoms with Crippen molar-refractivity contribution in [2.45, 2.75) is 32.6 Å². The molecule has 1 aromatic rings. The molecule has 1 N–H and O–H groups in total. The Hall–Kier alpha value is -1.14. The molecule has 3 heteroatoms. The number of nitriles is 1. The average Bonchev–Trinajstić information content (AvgIpc) is 2.39. The maximum Gasteiger partial charge on any atom is 0.101 e. The number of thioether (sulfide) groups is 1. The van der Waals surface area contributed by atoms with E-state index in [2.05, 4.69) is 17.6 Å². The fraction of sp³-hybridized carbons (Fsp3) is 0.533. The SMILES string of the molecule is CSCCCCCCNc1c(C)cccc1C#N. The predicted octanol–water partition coefficient (Wildman–Crippen LogP) is 4.20. The molecule has 0 fully saturated rings. The third-order valence-electron chi connectivity index (χ3n) is 2.97. The molecule has 0 unspecified atom stereocenters. The van der Waals surface area contributed by atoms with Gasteiger partial charge in [-0.05, 0) is 43.4 Å². The zero-order chi connectivity index (χ0) is 13.2. The van der Waals surface area contributed by atoms with Crippen LogP contribution in [0, 0.1) is 18.3 Å². The normalized spacial score (nSPS) is 10.1. The van der Waals surface area contributed by atoms with Crippen molar-refractivity contribution < 1.29 is 0 Å². The van der Waals surface area contributed by atoms with Gasteiger partial charge in [-0.15, -0.1) is 0 Å². The highest BCUT2D eigenvalue weighted by atomic mass is 32.2. The molecule has 1 aromatic carbocycles. The summed E-state index contributed by atoms with van der Waals surface area (Å²) < 4.78 is 0. The Bertz CT molecular complexity index is 396. The first-order chi connectivity index (χ1) is 8.79. The first-order valence-corrected chi connectivity index (χ1v) is 7.91. The lowest BCUT2D eigenvalue weighted by Gasteiger charge is -2.11. The third-order valence-corrected chi connectivity index (χ3v) is 3.67. The van der Waals surface area contributed by atoms with Crippen LogP contribution in [-0.2, 0) is 0 Å². The maximum absolute atomic E-state index is 9.05. The number of unbranched alkanes of at least 4 members (excludes halogenated alkanes) is 3. The number of aryl methyl sites for hydroxylation is 1. The fourth-order valence-electron chi connectivity index (χ4n) is 1.93. The summed E-state index contributed by atoms with van der Waals surface area (Å²) in [6.45, 7) is 3.00. The van der Waals surface area contributed by atoms with Crippen LogP contribution in [0.5, 0.6) is 0 Å². The number of anilines is 1. The van der Waals surface area contributed by atoms with Crippen LogP contribution >= 0.6 is 11.8 Å². The fourth-order valence-corrected chi connectivity index (χ4v) is 2.43. The molecule has 0 aliphatic carbocycles. The van der Waals surface area contributed by atoms with Crippen LogP contribution < -0.4 is 5.32 Å². The number of nitrogens with zero attached hydrogens (tertiary/aromatic N) is 1. The number of hydrogen-bond donors (Lipinski definition) is 1. The molecule has 0 spiro atoms. The van der Waals surface area contributed by atoms with E-state index in [0.29, 0.717) is 0 Å². The molecule has 0 radical (unpaired) electrons. The van der Waals surface area contributed by atoms with E-state index >= 15 is 0 Å². The molecular weight excluding hydrogens is 240 g/mol. The van der Waals surface area contributed by atoms with E-state index in [1.54, 1.807) is 0 Å². The predicted molar refractivity (Wildman–Crippen MR) is 81.2 cm³/mol. The molecule has 98 valence electrons. The highest BCUT2D eigenvalue weighted by Gasteiger charge is 2.03.